The van der Waals surface area contributed by atoms with Gasteiger partial charge in [-0.15, -0.1) is 0 Å². The highest BCUT2D eigenvalue weighted by Gasteiger charge is 2.52. The van der Waals surface area contributed by atoms with Gasteiger partial charge in [0, 0.05) is 14.1 Å². The molecule has 0 bridgehead atoms. The van der Waals surface area contributed by atoms with E-state index in [0.29, 0.717) is 5.84 Å². The number of rotatable bonds is 7. The summed E-state index contributed by atoms with van der Waals surface area (Å²) >= 11 is 0. The van der Waals surface area contributed by atoms with Gasteiger partial charge >= 0.3 is 11.9 Å². The van der Waals surface area contributed by atoms with Crippen molar-refractivity contribution in [2.24, 2.45) is 10.9 Å². The third-order valence-electron chi connectivity index (χ3n) is 6.81. The monoisotopic (exact) mass is 424 g/mol. The van der Waals surface area contributed by atoms with Crippen LogP contribution in [0.15, 0.2) is 35.3 Å². The number of fused-ring (bicyclic) bond motifs is 1. The molecule has 7 heteroatoms. The van der Waals surface area contributed by atoms with Crippen molar-refractivity contribution in [3.05, 3.63) is 35.9 Å². The number of amides is 3. The van der Waals surface area contributed by atoms with Gasteiger partial charge in [-0.25, -0.2) is 9.37 Å². The molecule has 166 valence electrons. The van der Waals surface area contributed by atoms with Crippen molar-refractivity contribution in [2.75, 3.05) is 40.3 Å². The number of piperidine rings is 1. The highest BCUT2D eigenvalue weighted by Crippen LogP contribution is 2.23. The van der Waals surface area contributed by atoms with E-state index in [-0.39, 0.29) is 11.9 Å². The number of benzene rings is 1. The van der Waals surface area contributed by atoms with E-state index in [1.165, 1.54) is 28.2 Å². The predicted molar refractivity (Wildman–Crippen MR) is 122 cm³/mol. The molecule has 1 atom stereocenters. The van der Waals surface area contributed by atoms with Crippen molar-refractivity contribution >= 4 is 23.6 Å². The summed E-state index contributed by atoms with van der Waals surface area (Å²) in [6.45, 7) is 5.76. The summed E-state index contributed by atoms with van der Waals surface area (Å²) in [6.07, 6.45) is 5.55. The number of imide groups is 1. The molecule has 0 saturated carbocycles. The van der Waals surface area contributed by atoms with Crippen LogP contribution in [0.2, 0.25) is 0 Å². The Kier molecular flexibility index (Phi) is 6.51. The van der Waals surface area contributed by atoms with Crippen LogP contribution in [0.25, 0.3) is 0 Å². The Balaban J connectivity index is 1.45. The van der Waals surface area contributed by atoms with Crippen LogP contribution in [0.4, 0.5) is 4.79 Å². The molecule has 3 aliphatic rings. The summed E-state index contributed by atoms with van der Waals surface area (Å²) in [6, 6.07) is 9.97. The predicted octanol–water partition coefficient (Wildman–Crippen LogP) is 2.46. The second kappa shape index (κ2) is 9.30. The van der Waals surface area contributed by atoms with Crippen molar-refractivity contribution in [2.45, 2.75) is 45.1 Å². The number of carbonyl (C=O) groups excluding carboxylic acids is 2. The lowest BCUT2D eigenvalue weighted by Gasteiger charge is -2.31. The molecule has 3 heterocycles. The number of likely N-dealkylation sites (N-methyl/N-ethyl adjacent to an activating group) is 2. The molecule has 0 radical (unpaired) electrons. The maximum atomic E-state index is 12.9. The number of unbranched alkanes of at least 4 members (excludes halogenated alkanes) is 1. The second-order valence-corrected chi connectivity index (χ2v) is 8.98. The summed E-state index contributed by atoms with van der Waals surface area (Å²) in [4.78, 5) is 35.3. The third-order valence-corrected chi connectivity index (χ3v) is 6.81. The topological polar surface area (TPSA) is 59.2 Å². The molecule has 31 heavy (non-hydrogen) atoms. The molecule has 0 aliphatic carbocycles. The van der Waals surface area contributed by atoms with Crippen molar-refractivity contribution in [1.29, 1.82) is 0 Å². The number of amidine groups is 2. The molecule has 0 spiro atoms. The maximum absolute atomic E-state index is 12.9. The van der Waals surface area contributed by atoms with E-state index in [0.717, 1.165) is 57.2 Å². The minimum atomic E-state index is -0.468. The van der Waals surface area contributed by atoms with Gasteiger partial charge in [-0.2, -0.15) is 0 Å². The lowest BCUT2D eigenvalue weighted by atomic mass is 9.90. The fraction of sp³-hybridized carbons (Fsp3) is 0.583. The van der Waals surface area contributed by atoms with Gasteiger partial charge in [0.2, 0.25) is 0 Å². The van der Waals surface area contributed by atoms with Gasteiger partial charge in [-0.3, -0.25) is 19.5 Å². The molecule has 3 amide bonds. The number of urea groups is 1. The van der Waals surface area contributed by atoms with Gasteiger partial charge in [-0.05, 0) is 55.2 Å². The molecule has 7 nitrogen and oxygen atoms in total. The van der Waals surface area contributed by atoms with Crippen LogP contribution in [0.1, 0.15) is 38.2 Å². The molecule has 1 aromatic carbocycles. The zero-order valence-corrected chi connectivity index (χ0v) is 19.0. The summed E-state index contributed by atoms with van der Waals surface area (Å²) in [5.41, 5.74) is 1.42. The Labute approximate surface area is 185 Å². The molecule has 0 N–H and O–H groups in total. The van der Waals surface area contributed by atoms with E-state index in [1.54, 1.807) is 14.1 Å². The summed E-state index contributed by atoms with van der Waals surface area (Å²) < 4.78 is 2.14. The average molecular weight is 425 g/mol. The van der Waals surface area contributed by atoms with Crippen LogP contribution in [-0.4, -0.2) is 89.2 Å². The number of carbonyl (C=O) groups is 2. The highest BCUT2D eigenvalue weighted by molar-refractivity contribution is 6.23. The largest absolute Gasteiger partial charge is 0.333 e. The van der Waals surface area contributed by atoms with Crippen LogP contribution in [-0.2, 0) is 11.2 Å². The smallest absolute Gasteiger partial charge is 0.292 e. The normalized spacial score (nSPS) is 22.9. The number of hydrogen-bond acceptors (Lipinski definition) is 4. The van der Waals surface area contributed by atoms with Crippen LogP contribution in [0, 0.1) is 5.92 Å². The van der Waals surface area contributed by atoms with Gasteiger partial charge in [-0.1, -0.05) is 43.7 Å². The van der Waals surface area contributed by atoms with Crippen molar-refractivity contribution in [3.8, 4) is 0 Å². The first-order valence-electron chi connectivity index (χ1n) is 11.5. The van der Waals surface area contributed by atoms with Gasteiger partial charge in [0.15, 0.2) is 0 Å². The average Bonchev–Trinajstić information content (AvgIpc) is 3.15. The molecular weight excluding hydrogens is 390 g/mol. The Morgan fingerprint density at radius 1 is 1.06 bits per heavy atom. The Bertz CT molecular complexity index is 886. The zero-order valence-electron chi connectivity index (χ0n) is 19.0. The van der Waals surface area contributed by atoms with Crippen molar-refractivity contribution < 1.29 is 14.2 Å². The Morgan fingerprint density at radius 2 is 1.77 bits per heavy atom. The minimum Gasteiger partial charge on any atom is -0.292 e. The van der Waals surface area contributed by atoms with Crippen LogP contribution >= 0.6 is 0 Å². The van der Waals surface area contributed by atoms with Gasteiger partial charge < -0.3 is 0 Å². The van der Waals surface area contributed by atoms with Crippen molar-refractivity contribution in [1.82, 2.24) is 14.7 Å². The van der Waals surface area contributed by atoms with E-state index >= 15 is 0 Å². The second-order valence-electron chi connectivity index (χ2n) is 8.98. The first kappa shape index (κ1) is 21.7. The lowest BCUT2D eigenvalue weighted by Crippen LogP contribution is -2.61. The van der Waals surface area contributed by atoms with E-state index < -0.39 is 6.04 Å². The zero-order chi connectivity index (χ0) is 22.0. The van der Waals surface area contributed by atoms with Gasteiger partial charge in [0.05, 0.1) is 6.54 Å². The molecule has 2 saturated heterocycles. The molecule has 1 aromatic rings. The quantitative estimate of drug-likeness (QED) is 0.632. The van der Waals surface area contributed by atoms with Crippen LogP contribution in [0.5, 0.6) is 0 Å². The molecule has 2 fully saturated rings. The van der Waals surface area contributed by atoms with E-state index in [1.807, 2.05) is 0 Å². The van der Waals surface area contributed by atoms with E-state index in [4.69, 9.17) is 4.99 Å². The SMILES string of the molecule is CCCC[N+]1=C(CN2CCC(Cc3ccccc3)CC2)N=C2C1C(=O)N(C)C(=O)N2C. The first-order chi connectivity index (χ1) is 15.0. The fourth-order valence-electron chi connectivity index (χ4n) is 4.86. The molecular formula is C24H34N5O2+. The van der Waals surface area contributed by atoms with E-state index in [9.17, 15) is 9.59 Å². The first-order valence-corrected chi connectivity index (χ1v) is 11.5. The number of nitrogens with zero attached hydrogens (tertiary/aromatic N) is 5. The van der Waals surface area contributed by atoms with E-state index in [2.05, 4.69) is 46.7 Å². The summed E-state index contributed by atoms with van der Waals surface area (Å²) in [5, 5.41) is 0. The van der Waals surface area contributed by atoms with Crippen LogP contribution < -0.4 is 0 Å². The summed E-state index contributed by atoms with van der Waals surface area (Å²) in [5.74, 6) is 2.06. The number of aliphatic imine (C=N–C) groups is 1. The summed E-state index contributed by atoms with van der Waals surface area (Å²) in [7, 11) is 3.28. The molecule has 1 unspecified atom stereocenters. The maximum Gasteiger partial charge on any atom is 0.333 e. The molecule has 4 rings (SSSR count). The number of hydrogen-bond donors (Lipinski definition) is 0. The number of likely N-dealkylation sites (tertiary alicyclic amines) is 1. The highest BCUT2D eigenvalue weighted by atomic mass is 16.2. The van der Waals surface area contributed by atoms with Crippen molar-refractivity contribution in [3.63, 3.8) is 0 Å². The van der Waals surface area contributed by atoms with Gasteiger partial charge in [0.25, 0.3) is 17.8 Å². The van der Waals surface area contributed by atoms with Crippen LogP contribution in [0.3, 0.4) is 0 Å². The third kappa shape index (κ3) is 4.42. The Hall–Kier alpha value is -2.54. The fourth-order valence-corrected chi connectivity index (χ4v) is 4.86. The Morgan fingerprint density at radius 3 is 2.45 bits per heavy atom. The molecule has 3 aliphatic heterocycles. The minimum absolute atomic E-state index is 0.172. The standard InChI is InChI=1S/C24H34N5O2/c1-4-5-13-29-20(25-22-21(29)23(30)27(3)24(31)26(22)2)17-28-14-11-19(12-15-28)16-18-9-7-6-8-10-18/h6-10,19,21H,4-5,11-17H2,1-3H3/q+1. The lowest BCUT2D eigenvalue weighted by molar-refractivity contribution is -0.536. The molecule has 0 aromatic heterocycles. The van der Waals surface area contributed by atoms with Gasteiger partial charge in [0.1, 0.15) is 6.54 Å².